The molecule has 31 heavy (non-hydrogen) atoms. The number of hydrogen-bond donors (Lipinski definition) is 2. The lowest BCUT2D eigenvalue weighted by Gasteiger charge is -2.12. The first-order valence-corrected chi connectivity index (χ1v) is 11.3. The van der Waals surface area contributed by atoms with Gasteiger partial charge >= 0.3 is 0 Å². The van der Waals surface area contributed by atoms with Crippen molar-refractivity contribution in [2.24, 2.45) is 4.99 Å². The second-order valence-electron chi connectivity index (χ2n) is 6.23. The molecule has 0 amide bonds. The van der Waals surface area contributed by atoms with Gasteiger partial charge in [-0.2, -0.15) is 9.37 Å². The molecule has 5 nitrogen and oxygen atoms in total. The second kappa shape index (κ2) is 9.80. The Labute approximate surface area is 203 Å². The molecule has 3 aromatic carbocycles. The van der Waals surface area contributed by atoms with E-state index >= 15 is 0 Å². The van der Waals surface area contributed by atoms with Gasteiger partial charge in [0.1, 0.15) is 0 Å². The van der Waals surface area contributed by atoms with Gasteiger partial charge in [-0.25, -0.2) is 0 Å². The van der Waals surface area contributed by atoms with Crippen molar-refractivity contribution in [1.82, 2.24) is 8.94 Å². The second-order valence-corrected chi connectivity index (χ2v) is 8.60. The van der Waals surface area contributed by atoms with Crippen LogP contribution in [0.2, 0.25) is 15.1 Å². The van der Waals surface area contributed by atoms with Gasteiger partial charge in [-0.1, -0.05) is 59.1 Å². The van der Waals surface area contributed by atoms with Crippen molar-refractivity contribution in [3.8, 4) is 5.69 Å². The Kier molecular flexibility index (Phi) is 6.89. The standard InChI is InChI=1S/C21H14Cl3N5S2/c22-13-9-11-14(12-10-13)25-20(30)27-21-29(18-8-4-2-6-16(18)24)19(28-31-21)26-17-7-3-1-5-15(17)23/h1-12H,(H,25,30)(H,26,28)/b27-21-. The van der Waals surface area contributed by atoms with Gasteiger partial charge in [-0.15, -0.1) is 0 Å². The highest BCUT2D eigenvalue weighted by Crippen LogP contribution is 2.27. The van der Waals surface area contributed by atoms with Crippen molar-refractivity contribution in [1.29, 1.82) is 0 Å². The molecule has 10 heteroatoms. The van der Waals surface area contributed by atoms with Crippen molar-refractivity contribution in [2.45, 2.75) is 0 Å². The van der Waals surface area contributed by atoms with E-state index in [4.69, 9.17) is 47.0 Å². The Balaban J connectivity index is 1.75. The minimum absolute atomic E-state index is 0.274. The monoisotopic (exact) mass is 505 g/mol. The van der Waals surface area contributed by atoms with Gasteiger partial charge in [-0.05, 0) is 60.7 Å². The number of aromatic nitrogens is 2. The van der Waals surface area contributed by atoms with E-state index in [2.05, 4.69) is 20.0 Å². The van der Waals surface area contributed by atoms with Crippen molar-refractivity contribution in [3.05, 3.63) is 92.7 Å². The number of para-hydroxylation sites is 2. The summed E-state index contributed by atoms with van der Waals surface area (Å²) in [5, 5.41) is 8.35. The smallest absolute Gasteiger partial charge is 0.225 e. The fourth-order valence-corrected chi connectivity index (χ4v) is 4.20. The molecule has 4 aromatic rings. The zero-order valence-electron chi connectivity index (χ0n) is 15.7. The Morgan fingerprint density at radius 2 is 1.58 bits per heavy atom. The van der Waals surface area contributed by atoms with Crippen LogP contribution in [0.15, 0.2) is 77.8 Å². The Morgan fingerprint density at radius 1 is 0.903 bits per heavy atom. The topological polar surface area (TPSA) is 54.2 Å². The Bertz CT molecular complexity index is 1300. The Hall–Kier alpha value is -2.42. The minimum Gasteiger partial charge on any atom is -0.331 e. The first kappa shape index (κ1) is 21.8. The van der Waals surface area contributed by atoms with Crippen molar-refractivity contribution < 1.29 is 0 Å². The molecule has 156 valence electrons. The number of thiocarbonyl (C=S) groups is 1. The molecule has 0 unspecified atom stereocenters. The molecule has 2 N–H and O–H groups in total. The third-order valence-electron chi connectivity index (χ3n) is 4.12. The first-order valence-electron chi connectivity index (χ1n) is 8.98. The maximum Gasteiger partial charge on any atom is 0.225 e. The number of halogens is 3. The van der Waals surface area contributed by atoms with E-state index in [1.165, 1.54) is 11.5 Å². The van der Waals surface area contributed by atoms with Gasteiger partial charge < -0.3 is 10.6 Å². The highest BCUT2D eigenvalue weighted by molar-refractivity contribution is 7.80. The molecule has 0 saturated carbocycles. The van der Waals surface area contributed by atoms with Gasteiger partial charge in [-0.3, -0.25) is 4.57 Å². The summed E-state index contributed by atoms with van der Waals surface area (Å²) in [6.45, 7) is 0. The summed E-state index contributed by atoms with van der Waals surface area (Å²) < 4.78 is 6.32. The van der Waals surface area contributed by atoms with Gasteiger partial charge in [0.25, 0.3) is 0 Å². The fraction of sp³-hybridized carbons (Fsp3) is 0. The van der Waals surface area contributed by atoms with E-state index < -0.39 is 0 Å². The van der Waals surface area contributed by atoms with E-state index in [0.717, 1.165) is 5.69 Å². The van der Waals surface area contributed by atoms with Crippen LogP contribution in [-0.4, -0.2) is 14.1 Å². The molecule has 0 aliphatic carbocycles. The normalized spacial score (nSPS) is 11.4. The van der Waals surface area contributed by atoms with E-state index in [1.54, 1.807) is 28.8 Å². The maximum atomic E-state index is 6.47. The van der Waals surface area contributed by atoms with Crippen LogP contribution in [0.3, 0.4) is 0 Å². The molecule has 0 radical (unpaired) electrons. The lowest BCUT2D eigenvalue weighted by Crippen LogP contribution is -2.19. The fourth-order valence-electron chi connectivity index (χ4n) is 2.71. The highest BCUT2D eigenvalue weighted by Gasteiger charge is 2.14. The molecular weight excluding hydrogens is 493 g/mol. The average molecular weight is 507 g/mol. The van der Waals surface area contributed by atoms with Gasteiger partial charge in [0.05, 0.1) is 21.4 Å². The van der Waals surface area contributed by atoms with E-state index in [9.17, 15) is 0 Å². The molecule has 0 saturated heterocycles. The van der Waals surface area contributed by atoms with Gasteiger partial charge in [0.15, 0.2) is 5.11 Å². The van der Waals surface area contributed by atoms with Crippen LogP contribution in [0.4, 0.5) is 17.3 Å². The molecular formula is C21H14Cl3N5S2. The number of anilines is 3. The molecule has 0 aliphatic rings. The largest absolute Gasteiger partial charge is 0.331 e. The molecule has 0 atom stereocenters. The molecule has 0 aliphatic heterocycles. The lowest BCUT2D eigenvalue weighted by atomic mass is 10.3. The maximum absolute atomic E-state index is 6.47. The number of hydrogen-bond acceptors (Lipinski definition) is 4. The summed E-state index contributed by atoms with van der Waals surface area (Å²) in [5.41, 5.74) is 2.20. The summed E-state index contributed by atoms with van der Waals surface area (Å²) in [7, 11) is 0. The molecule has 0 spiro atoms. The van der Waals surface area contributed by atoms with Crippen LogP contribution in [0.5, 0.6) is 0 Å². The van der Waals surface area contributed by atoms with Crippen molar-refractivity contribution in [3.63, 3.8) is 0 Å². The molecule has 4 rings (SSSR count). The van der Waals surface area contributed by atoms with Crippen LogP contribution in [0, 0.1) is 0 Å². The predicted molar refractivity (Wildman–Crippen MR) is 134 cm³/mol. The van der Waals surface area contributed by atoms with Gasteiger partial charge in [0, 0.05) is 22.2 Å². The molecule has 1 aromatic heterocycles. The number of rotatable bonds is 4. The summed E-state index contributed by atoms with van der Waals surface area (Å²) in [6.07, 6.45) is 0. The predicted octanol–water partition coefficient (Wildman–Crippen LogP) is 6.94. The molecule has 0 bridgehead atoms. The van der Waals surface area contributed by atoms with E-state index in [1.807, 2.05) is 48.5 Å². The summed E-state index contributed by atoms with van der Waals surface area (Å²) in [5.74, 6) is 0.513. The quantitative estimate of drug-likeness (QED) is 0.295. The SMILES string of the molecule is S=C(/N=c1\snc(Nc2ccccc2Cl)n1-c1ccccc1Cl)Nc1ccc(Cl)cc1. The summed E-state index contributed by atoms with van der Waals surface area (Å²) in [4.78, 5) is 5.09. The molecule has 0 fully saturated rings. The van der Waals surface area contributed by atoms with Crippen LogP contribution in [-0.2, 0) is 0 Å². The van der Waals surface area contributed by atoms with Gasteiger partial charge in [0.2, 0.25) is 10.7 Å². The number of nitrogens with zero attached hydrogens (tertiary/aromatic N) is 3. The number of nitrogens with one attached hydrogen (secondary N) is 2. The van der Waals surface area contributed by atoms with Crippen LogP contribution in [0.25, 0.3) is 5.69 Å². The highest BCUT2D eigenvalue weighted by atomic mass is 35.5. The lowest BCUT2D eigenvalue weighted by molar-refractivity contribution is 1.00. The average Bonchev–Trinajstić information content (AvgIpc) is 3.13. The first-order chi connectivity index (χ1) is 15.0. The van der Waals surface area contributed by atoms with Crippen LogP contribution < -0.4 is 15.4 Å². The van der Waals surface area contributed by atoms with E-state index in [-0.39, 0.29) is 5.11 Å². The molecule has 1 heterocycles. The Morgan fingerprint density at radius 3 is 2.29 bits per heavy atom. The minimum atomic E-state index is 0.274. The number of benzene rings is 3. The third-order valence-corrected chi connectivity index (χ3v) is 5.92. The third kappa shape index (κ3) is 5.26. The van der Waals surface area contributed by atoms with Crippen molar-refractivity contribution in [2.75, 3.05) is 10.6 Å². The summed E-state index contributed by atoms with van der Waals surface area (Å²) in [6, 6.07) is 22.0. The zero-order valence-corrected chi connectivity index (χ0v) is 19.6. The van der Waals surface area contributed by atoms with Crippen molar-refractivity contribution >= 4 is 81.0 Å². The summed E-state index contributed by atoms with van der Waals surface area (Å²) >= 11 is 25.3. The van der Waals surface area contributed by atoms with E-state index in [0.29, 0.717) is 37.2 Å². The zero-order chi connectivity index (χ0) is 21.8. The van der Waals surface area contributed by atoms with Crippen LogP contribution in [0.1, 0.15) is 0 Å². The van der Waals surface area contributed by atoms with Crippen LogP contribution >= 0.6 is 58.6 Å².